The quantitative estimate of drug-likeness (QED) is 0.688. The average molecular weight is 198 g/mol. The molecule has 14 heavy (non-hydrogen) atoms. The van der Waals surface area contributed by atoms with Gasteiger partial charge in [0.05, 0.1) is 5.60 Å². The Bertz CT molecular complexity index is 186. The van der Waals surface area contributed by atoms with E-state index in [0.29, 0.717) is 0 Å². The van der Waals surface area contributed by atoms with E-state index in [4.69, 9.17) is 0 Å². The Hall–Kier alpha value is -0.120. The second-order valence-corrected chi connectivity index (χ2v) is 5.11. The van der Waals surface area contributed by atoms with Gasteiger partial charge in [-0.25, -0.2) is 0 Å². The minimum absolute atomic E-state index is 0.422. The molecule has 1 saturated heterocycles. The molecular weight excluding hydrogens is 176 g/mol. The zero-order chi connectivity index (χ0) is 10.0. The lowest BCUT2D eigenvalue weighted by Crippen LogP contribution is -2.49. The molecule has 1 saturated carbocycles. The number of likely N-dealkylation sites (N-methyl/N-ethyl adjacent to an activating group) is 1. The third-order valence-electron chi connectivity index (χ3n) is 3.37. The largest absolute Gasteiger partial charge is 0.388 e. The van der Waals surface area contributed by atoms with Crippen LogP contribution in [0.5, 0.6) is 0 Å². The van der Waals surface area contributed by atoms with Crippen molar-refractivity contribution in [3.63, 3.8) is 0 Å². The van der Waals surface area contributed by atoms with Crippen LogP contribution in [0.1, 0.15) is 25.7 Å². The maximum Gasteiger partial charge on any atom is 0.0798 e. The van der Waals surface area contributed by atoms with E-state index in [9.17, 15) is 5.11 Å². The summed E-state index contributed by atoms with van der Waals surface area (Å²) in [5, 5.41) is 13.6. The van der Waals surface area contributed by atoms with Crippen molar-refractivity contribution < 1.29 is 5.11 Å². The maximum atomic E-state index is 10.3. The summed E-state index contributed by atoms with van der Waals surface area (Å²) < 4.78 is 0. The summed E-state index contributed by atoms with van der Waals surface area (Å²) in [6, 6.07) is 0. The van der Waals surface area contributed by atoms with Crippen molar-refractivity contribution in [2.75, 3.05) is 33.2 Å². The van der Waals surface area contributed by atoms with Gasteiger partial charge in [0, 0.05) is 13.1 Å². The third-order valence-corrected chi connectivity index (χ3v) is 3.37. The summed E-state index contributed by atoms with van der Waals surface area (Å²) in [6.07, 6.45) is 4.60. The van der Waals surface area contributed by atoms with Crippen molar-refractivity contribution in [3.8, 4) is 0 Å². The monoisotopic (exact) mass is 198 g/mol. The molecule has 1 aliphatic heterocycles. The molecule has 0 aromatic rings. The number of aliphatic hydroxyl groups is 1. The smallest absolute Gasteiger partial charge is 0.0798 e. The van der Waals surface area contributed by atoms with Gasteiger partial charge in [0.1, 0.15) is 0 Å². The lowest BCUT2D eigenvalue weighted by atomic mass is 9.92. The van der Waals surface area contributed by atoms with Gasteiger partial charge in [0.25, 0.3) is 0 Å². The van der Waals surface area contributed by atoms with Gasteiger partial charge in [-0.15, -0.1) is 0 Å². The van der Waals surface area contributed by atoms with Gasteiger partial charge in [-0.05, 0) is 51.7 Å². The summed E-state index contributed by atoms with van der Waals surface area (Å²) in [6.45, 7) is 3.96. The lowest BCUT2D eigenvalue weighted by molar-refractivity contribution is -0.0160. The molecule has 2 aliphatic rings. The maximum absolute atomic E-state index is 10.3. The van der Waals surface area contributed by atoms with Crippen molar-refractivity contribution in [2.24, 2.45) is 5.92 Å². The summed E-state index contributed by atoms with van der Waals surface area (Å²) in [7, 11) is 2.14. The van der Waals surface area contributed by atoms with E-state index in [1.165, 1.54) is 19.4 Å². The van der Waals surface area contributed by atoms with Crippen molar-refractivity contribution in [3.05, 3.63) is 0 Å². The van der Waals surface area contributed by atoms with Crippen LogP contribution in [0.15, 0.2) is 0 Å². The Morgan fingerprint density at radius 3 is 2.57 bits per heavy atom. The van der Waals surface area contributed by atoms with E-state index in [-0.39, 0.29) is 0 Å². The highest BCUT2D eigenvalue weighted by atomic mass is 16.3. The van der Waals surface area contributed by atoms with Crippen LogP contribution >= 0.6 is 0 Å². The topological polar surface area (TPSA) is 35.5 Å². The van der Waals surface area contributed by atoms with Crippen LogP contribution in [0.3, 0.4) is 0 Å². The first kappa shape index (κ1) is 10.4. The van der Waals surface area contributed by atoms with Gasteiger partial charge in [0.15, 0.2) is 0 Å². The first-order valence-electron chi connectivity index (χ1n) is 5.80. The zero-order valence-corrected chi connectivity index (χ0v) is 9.13. The summed E-state index contributed by atoms with van der Waals surface area (Å²) in [5.74, 6) is 0.922. The van der Waals surface area contributed by atoms with Crippen molar-refractivity contribution >= 4 is 0 Å². The molecule has 1 aliphatic carbocycles. The molecule has 2 N–H and O–H groups in total. The van der Waals surface area contributed by atoms with Gasteiger partial charge in [0.2, 0.25) is 0 Å². The standard InChI is InChI=1S/C11H22N2O/c1-13(8-10-2-3-10)9-11(14)4-6-12-7-5-11/h10,12,14H,2-9H2,1H3. The Balaban J connectivity index is 1.75. The highest BCUT2D eigenvalue weighted by Gasteiger charge is 2.32. The fourth-order valence-electron chi connectivity index (χ4n) is 2.36. The van der Waals surface area contributed by atoms with Crippen LogP contribution in [0.4, 0.5) is 0 Å². The van der Waals surface area contributed by atoms with Crippen LogP contribution < -0.4 is 5.32 Å². The van der Waals surface area contributed by atoms with Crippen molar-refractivity contribution in [1.29, 1.82) is 0 Å². The first-order valence-corrected chi connectivity index (χ1v) is 5.80. The summed E-state index contributed by atoms with van der Waals surface area (Å²) >= 11 is 0. The molecule has 82 valence electrons. The summed E-state index contributed by atoms with van der Waals surface area (Å²) in [4.78, 5) is 2.31. The molecule has 0 aromatic heterocycles. The minimum atomic E-state index is -0.422. The van der Waals surface area contributed by atoms with E-state index in [0.717, 1.165) is 38.4 Å². The summed E-state index contributed by atoms with van der Waals surface area (Å²) in [5.41, 5.74) is -0.422. The normalized spacial score (nSPS) is 26.8. The molecule has 0 unspecified atom stereocenters. The molecule has 0 atom stereocenters. The van der Waals surface area contributed by atoms with Crippen molar-refractivity contribution in [1.82, 2.24) is 10.2 Å². The first-order chi connectivity index (χ1) is 6.68. The second kappa shape index (κ2) is 4.17. The molecule has 1 heterocycles. The molecule has 2 fully saturated rings. The predicted molar refractivity (Wildman–Crippen MR) is 57.3 cm³/mol. The molecular formula is C11H22N2O. The second-order valence-electron chi connectivity index (χ2n) is 5.11. The Morgan fingerprint density at radius 2 is 2.00 bits per heavy atom. The Morgan fingerprint density at radius 1 is 1.36 bits per heavy atom. The Kier molecular flexibility index (Phi) is 3.10. The van der Waals surface area contributed by atoms with Crippen LogP contribution in [0.25, 0.3) is 0 Å². The molecule has 0 amide bonds. The highest BCUT2D eigenvalue weighted by molar-refractivity contribution is 4.88. The van der Waals surface area contributed by atoms with E-state index in [1.807, 2.05) is 0 Å². The highest BCUT2D eigenvalue weighted by Crippen LogP contribution is 2.30. The predicted octanol–water partition coefficient (Wildman–Crippen LogP) is 0.443. The molecule has 2 rings (SSSR count). The number of hydrogen-bond donors (Lipinski definition) is 2. The molecule has 0 radical (unpaired) electrons. The van der Waals surface area contributed by atoms with Gasteiger partial charge >= 0.3 is 0 Å². The van der Waals surface area contributed by atoms with Gasteiger partial charge in [-0.3, -0.25) is 0 Å². The van der Waals surface area contributed by atoms with Gasteiger partial charge in [-0.1, -0.05) is 0 Å². The molecule has 0 aromatic carbocycles. The van der Waals surface area contributed by atoms with Crippen LogP contribution in [0.2, 0.25) is 0 Å². The molecule has 3 heteroatoms. The Labute approximate surface area is 86.5 Å². The third kappa shape index (κ3) is 2.94. The van der Waals surface area contributed by atoms with E-state index in [1.54, 1.807) is 0 Å². The minimum Gasteiger partial charge on any atom is -0.388 e. The molecule has 3 nitrogen and oxygen atoms in total. The average Bonchev–Trinajstić information content (AvgIpc) is 2.88. The van der Waals surface area contributed by atoms with Crippen molar-refractivity contribution in [2.45, 2.75) is 31.3 Å². The van der Waals surface area contributed by atoms with E-state index < -0.39 is 5.60 Å². The number of rotatable bonds is 4. The zero-order valence-electron chi connectivity index (χ0n) is 9.13. The molecule has 0 spiro atoms. The lowest BCUT2D eigenvalue weighted by Gasteiger charge is -2.36. The fourth-order valence-corrected chi connectivity index (χ4v) is 2.36. The van der Waals surface area contributed by atoms with Gasteiger partial charge in [-0.2, -0.15) is 0 Å². The van der Waals surface area contributed by atoms with E-state index in [2.05, 4.69) is 17.3 Å². The fraction of sp³-hybridized carbons (Fsp3) is 1.00. The van der Waals surface area contributed by atoms with Crippen LogP contribution in [-0.2, 0) is 0 Å². The number of hydrogen-bond acceptors (Lipinski definition) is 3. The number of nitrogens with one attached hydrogen (secondary N) is 1. The number of nitrogens with zero attached hydrogens (tertiary/aromatic N) is 1. The van der Waals surface area contributed by atoms with Crippen LogP contribution in [0, 0.1) is 5.92 Å². The molecule has 0 bridgehead atoms. The van der Waals surface area contributed by atoms with Crippen LogP contribution in [-0.4, -0.2) is 48.8 Å². The van der Waals surface area contributed by atoms with E-state index >= 15 is 0 Å². The SMILES string of the molecule is CN(CC1CC1)CC1(O)CCNCC1. The van der Waals surface area contributed by atoms with Gasteiger partial charge < -0.3 is 15.3 Å². The number of piperidine rings is 1.